The first-order valence-corrected chi connectivity index (χ1v) is 5.06. The third-order valence-corrected chi connectivity index (χ3v) is 2.41. The molecular formula is C13H12N2O. The number of benzene rings is 1. The summed E-state index contributed by atoms with van der Waals surface area (Å²) in [4.78, 5) is 0. The summed E-state index contributed by atoms with van der Waals surface area (Å²) < 4.78 is 5.32. The minimum atomic E-state index is 0.633. The first-order valence-electron chi connectivity index (χ1n) is 5.06. The standard InChI is InChI=1S/C13H12N2O/c1-10-5-6-16-13(10)9-15-12-4-2-3-11(7-12)8-14/h2-7,15H,9H2,1H3. The van der Waals surface area contributed by atoms with Gasteiger partial charge in [0, 0.05) is 5.69 Å². The number of nitrogens with zero attached hydrogens (tertiary/aromatic N) is 1. The SMILES string of the molecule is Cc1ccoc1CNc1cccc(C#N)c1. The van der Waals surface area contributed by atoms with Gasteiger partial charge in [-0.3, -0.25) is 0 Å². The van der Waals surface area contributed by atoms with Crippen LogP contribution in [0.4, 0.5) is 5.69 Å². The van der Waals surface area contributed by atoms with Crippen LogP contribution < -0.4 is 5.32 Å². The lowest BCUT2D eigenvalue weighted by Gasteiger charge is -2.05. The highest BCUT2D eigenvalue weighted by Gasteiger charge is 2.01. The molecule has 16 heavy (non-hydrogen) atoms. The third kappa shape index (κ3) is 2.23. The molecule has 1 aromatic heterocycles. The van der Waals surface area contributed by atoms with E-state index < -0.39 is 0 Å². The van der Waals surface area contributed by atoms with Crippen LogP contribution >= 0.6 is 0 Å². The van der Waals surface area contributed by atoms with Gasteiger partial charge in [-0.05, 0) is 36.8 Å². The van der Waals surface area contributed by atoms with Crippen LogP contribution in [0.25, 0.3) is 0 Å². The zero-order chi connectivity index (χ0) is 11.4. The zero-order valence-corrected chi connectivity index (χ0v) is 9.03. The zero-order valence-electron chi connectivity index (χ0n) is 9.03. The molecule has 3 nitrogen and oxygen atoms in total. The number of nitrogens with one attached hydrogen (secondary N) is 1. The quantitative estimate of drug-likeness (QED) is 0.850. The molecule has 0 saturated heterocycles. The second-order valence-corrected chi connectivity index (χ2v) is 3.57. The molecule has 0 amide bonds. The van der Waals surface area contributed by atoms with E-state index in [-0.39, 0.29) is 0 Å². The Morgan fingerprint density at radius 1 is 1.38 bits per heavy atom. The van der Waals surface area contributed by atoms with Crippen LogP contribution in [0.3, 0.4) is 0 Å². The van der Waals surface area contributed by atoms with E-state index >= 15 is 0 Å². The highest BCUT2D eigenvalue weighted by molar-refractivity contribution is 5.49. The predicted molar refractivity (Wildman–Crippen MR) is 61.9 cm³/mol. The molecule has 1 heterocycles. The lowest BCUT2D eigenvalue weighted by atomic mass is 10.2. The van der Waals surface area contributed by atoms with Crippen LogP contribution in [0.5, 0.6) is 0 Å². The van der Waals surface area contributed by atoms with Crippen LogP contribution in [0.2, 0.25) is 0 Å². The van der Waals surface area contributed by atoms with E-state index in [1.54, 1.807) is 12.3 Å². The Morgan fingerprint density at radius 3 is 2.94 bits per heavy atom. The minimum absolute atomic E-state index is 0.633. The van der Waals surface area contributed by atoms with Crippen molar-refractivity contribution in [2.75, 3.05) is 5.32 Å². The van der Waals surface area contributed by atoms with E-state index in [0.717, 1.165) is 17.0 Å². The van der Waals surface area contributed by atoms with Crippen molar-refractivity contribution in [2.24, 2.45) is 0 Å². The summed E-state index contributed by atoms with van der Waals surface area (Å²) in [7, 11) is 0. The maximum Gasteiger partial charge on any atom is 0.125 e. The molecule has 2 rings (SSSR count). The summed E-state index contributed by atoms with van der Waals surface area (Å²) >= 11 is 0. The number of hydrogen-bond acceptors (Lipinski definition) is 3. The van der Waals surface area contributed by atoms with E-state index in [1.807, 2.05) is 31.2 Å². The average Bonchev–Trinajstić information content (AvgIpc) is 2.72. The van der Waals surface area contributed by atoms with E-state index in [4.69, 9.17) is 9.68 Å². The maximum absolute atomic E-state index is 8.76. The lowest BCUT2D eigenvalue weighted by molar-refractivity contribution is 0.515. The molecule has 0 unspecified atom stereocenters. The molecule has 1 aromatic carbocycles. The first-order chi connectivity index (χ1) is 7.79. The molecule has 0 spiro atoms. The van der Waals surface area contributed by atoms with Crippen molar-refractivity contribution in [3.8, 4) is 6.07 Å². The van der Waals surface area contributed by atoms with Gasteiger partial charge in [0.05, 0.1) is 24.4 Å². The molecule has 0 aliphatic carbocycles. The summed E-state index contributed by atoms with van der Waals surface area (Å²) in [6.45, 7) is 2.64. The third-order valence-electron chi connectivity index (χ3n) is 2.41. The fourth-order valence-electron chi connectivity index (χ4n) is 1.47. The van der Waals surface area contributed by atoms with E-state index in [2.05, 4.69) is 11.4 Å². The first kappa shape index (κ1) is 10.3. The number of anilines is 1. The van der Waals surface area contributed by atoms with Gasteiger partial charge in [0.1, 0.15) is 5.76 Å². The molecule has 0 saturated carbocycles. The highest BCUT2D eigenvalue weighted by atomic mass is 16.3. The van der Waals surface area contributed by atoms with Gasteiger partial charge in [0.2, 0.25) is 0 Å². The van der Waals surface area contributed by atoms with Crippen LogP contribution in [0, 0.1) is 18.3 Å². The van der Waals surface area contributed by atoms with E-state index in [1.165, 1.54) is 0 Å². The van der Waals surface area contributed by atoms with Crippen molar-refractivity contribution in [3.05, 3.63) is 53.5 Å². The average molecular weight is 212 g/mol. The minimum Gasteiger partial charge on any atom is -0.467 e. The summed E-state index contributed by atoms with van der Waals surface area (Å²) in [6.07, 6.45) is 1.68. The Labute approximate surface area is 94.3 Å². The second-order valence-electron chi connectivity index (χ2n) is 3.57. The summed E-state index contributed by atoms with van der Waals surface area (Å²) in [5, 5.41) is 12.0. The van der Waals surface area contributed by atoms with Crippen molar-refractivity contribution in [1.29, 1.82) is 5.26 Å². The Morgan fingerprint density at radius 2 is 2.25 bits per heavy atom. The van der Waals surface area contributed by atoms with Gasteiger partial charge in [-0.1, -0.05) is 6.07 Å². The number of rotatable bonds is 3. The van der Waals surface area contributed by atoms with Gasteiger partial charge >= 0.3 is 0 Å². The molecule has 0 fully saturated rings. The van der Waals surface area contributed by atoms with Crippen molar-refractivity contribution in [2.45, 2.75) is 13.5 Å². The number of aryl methyl sites for hydroxylation is 1. The fourth-order valence-corrected chi connectivity index (χ4v) is 1.47. The molecule has 1 N–H and O–H groups in total. The summed E-state index contributed by atoms with van der Waals surface area (Å²) in [5.74, 6) is 0.919. The molecule has 2 aromatic rings. The molecule has 0 aliphatic heterocycles. The van der Waals surface area contributed by atoms with Crippen molar-refractivity contribution >= 4 is 5.69 Å². The van der Waals surface area contributed by atoms with Gasteiger partial charge in [0.25, 0.3) is 0 Å². The largest absolute Gasteiger partial charge is 0.467 e. The van der Waals surface area contributed by atoms with Crippen molar-refractivity contribution in [3.63, 3.8) is 0 Å². The predicted octanol–water partition coefficient (Wildman–Crippen LogP) is 3.07. The topological polar surface area (TPSA) is 49.0 Å². The Kier molecular flexibility index (Phi) is 2.93. The van der Waals surface area contributed by atoms with Crippen LogP contribution in [-0.4, -0.2) is 0 Å². The Hall–Kier alpha value is -2.21. The molecular weight excluding hydrogens is 200 g/mol. The van der Waals surface area contributed by atoms with Gasteiger partial charge in [-0.25, -0.2) is 0 Å². The van der Waals surface area contributed by atoms with Crippen LogP contribution in [0.1, 0.15) is 16.9 Å². The normalized spacial score (nSPS) is 9.75. The smallest absolute Gasteiger partial charge is 0.125 e. The van der Waals surface area contributed by atoms with Gasteiger partial charge in [-0.2, -0.15) is 5.26 Å². The van der Waals surface area contributed by atoms with Crippen molar-refractivity contribution in [1.82, 2.24) is 0 Å². The monoisotopic (exact) mass is 212 g/mol. The number of hydrogen-bond donors (Lipinski definition) is 1. The lowest BCUT2D eigenvalue weighted by Crippen LogP contribution is -1.99. The molecule has 3 heteroatoms. The number of nitriles is 1. The van der Waals surface area contributed by atoms with Crippen molar-refractivity contribution < 1.29 is 4.42 Å². The van der Waals surface area contributed by atoms with Crippen LogP contribution in [-0.2, 0) is 6.54 Å². The van der Waals surface area contributed by atoms with Gasteiger partial charge in [0.15, 0.2) is 0 Å². The summed E-state index contributed by atoms with van der Waals surface area (Å²) in [5.41, 5.74) is 2.71. The fraction of sp³-hybridized carbons (Fsp3) is 0.154. The van der Waals surface area contributed by atoms with Gasteiger partial charge < -0.3 is 9.73 Å². The Bertz CT molecular complexity index is 523. The molecule has 0 radical (unpaired) electrons. The molecule has 0 atom stereocenters. The molecule has 0 bridgehead atoms. The maximum atomic E-state index is 8.76. The van der Waals surface area contributed by atoms with Crippen LogP contribution in [0.15, 0.2) is 41.0 Å². The van der Waals surface area contributed by atoms with E-state index in [9.17, 15) is 0 Å². The van der Waals surface area contributed by atoms with Gasteiger partial charge in [-0.15, -0.1) is 0 Å². The number of furan rings is 1. The summed E-state index contributed by atoms with van der Waals surface area (Å²) in [6, 6.07) is 11.4. The van der Waals surface area contributed by atoms with E-state index in [0.29, 0.717) is 12.1 Å². The second kappa shape index (κ2) is 4.54. The Balaban J connectivity index is 2.05. The highest BCUT2D eigenvalue weighted by Crippen LogP contribution is 2.14. The molecule has 0 aliphatic rings. The molecule has 80 valence electrons.